The Balaban J connectivity index is 0.00000545. The second-order valence-corrected chi connectivity index (χ2v) is 39.4. The van der Waals surface area contributed by atoms with E-state index in [2.05, 4.69) is 368 Å². The van der Waals surface area contributed by atoms with Crippen molar-refractivity contribution in [3.63, 3.8) is 0 Å². The summed E-state index contributed by atoms with van der Waals surface area (Å²) < 4.78 is 1.58. The fourth-order valence-electron chi connectivity index (χ4n) is 14.4. The Morgan fingerprint density at radius 3 is 0.546 bits per heavy atom. The minimum atomic E-state index is -0.180. The normalized spacial score (nSPS) is 13.5. The Labute approximate surface area is 677 Å². The number of hydrogen-bond acceptors (Lipinski definition) is 4. The first-order valence-electron chi connectivity index (χ1n) is 37.4. The smallest absolute Gasteiger partial charge is 0.657 e. The number of hydrogen-bond donors (Lipinski definition) is 0. The zero-order valence-electron chi connectivity index (χ0n) is 67.1. The van der Waals surface area contributed by atoms with E-state index in [-0.39, 0.29) is 76.3 Å². The van der Waals surface area contributed by atoms with Crippen molar-refractivity contribution >= 4 is 125 Å². The summed E-state index contributed by atoms with van der Waals surface area (Å²) in [5.74, 6) is 0. The molecule has 108 heavy (non-hydrogen) atoms. The SMILES string of the molecule is CC(C)(C)c1cc(-c2c3nc(c(-c4c5nc(c(-c6cc(C(C)(C)C)cc(C(C)(C)C)c6)c6ccc([n-]6)c(Br)c6nc(c(-c7cc(C(C)(C)C)cc(C(C)(C)C)c7)c7ccc4[n-]7)C=C6)C=C5)c4ccc([n-]4)c(-c4cc(C(C)(C)C)cc(C(C)(C)C)c4)c4nc(c(Br)c5ccc2[n-]5)C=C4)C=C3)cc(C(C)(C)C)c1.[Ni+2].[Ni+2]. The van der Waals surface area contributed by atoms with E-state index < -0.39 is 0 Å². The number of halogens is 2. The molecule has 12 heteroatoms. The summed E-state index contributed by atoms with van der Waals surface area (Å²) in [6, 6.07) is 45.5. The number of nitrogens with zero attached hydrogens (tertiary/aromatic N) is 8. The predicted molar refractivity (Wildman–Crippen MR) is 459 cm³/mol. The van der Waals surface area contributed by atoms with E-state index in [0.717, 1.165) is 132 Å². The van der Waals surface area contributed by atoms with Gasteiger partial charge in [-0.2, -0.15) is 0 Å². The molecule has 0 amide bonds. The molecule has 0 spiro atoms. The predicted octanol–water partition coefficient (Wildman–Crippen LogP) is 26.4. The summed E-state index contributed by atoms with van der Waals surface area (Å²) in [7, 11) is 0. The van der Waals surface area contributed by atoms with Crippen molar-refractivity contribution in [1.82, 2.24) is 39.9 Å². The molecule has 0 unspecified atom stereocenters. The fraction of sp³-hybridized carbons (Fsp3) is 0.333. The summed E-state index contributed by atoms with van der Waals surface area (Å²) in [5.41, 5.74) is 29.7. The molecule has 0 saturated heterocycles. The molecule has 4 aromatic carbocycles. The molecule has 558 valence electrons. The van der Waals surface area contributed by atoms with Gasteiger partial charge in [-0.05, 0) is 224 Å². The molecule has 0 saturated carbocycles. The average molecular weight is 1640 g/mol. The zero-order valence-corrected chi connectivity index (χ0v) is 72.3. The van der Waals surface area contributed by atoms with Gasteiger partial charge in [0, 0.05) is 8.95 Å². The maximum absolute atomic E-state index is 6.00. The second-order valence-electron chi connectivity index (χ2n) is 37.8. The van der Waals surface area contributed by atoms with Crippen LogP contribution in [0.15, 0.2) is 130 Å². The van der Waals surface area contributed by atoms with Crippen LogP contribution in [0, 0.1) is 0 Å². The Morgan fingerprint density at radius 1 is 0.204 bits per heavy atom. The van der Waals surface area contributed by atoms with Gasteiger partial charge in [-0.25, -0.2) is 19.9 Å². The molecule has 16 bridgehead atoms. The maximum Gasteiger partial charge on any atom is 2.00 e. The van der Waals surface area contributed by atoms with Crippen LogP contribution in [0.25, 0.3) is 148 Å². The third-order valence-electron chi connectivity index (χ3n) is 21.2. The molecule has 0 fully saturated rings. The molecule has 0 N–H and O–H groups in total. The molecule has 8 nitrogen and oxygen atoms in total. The fourth-order valence-corrected chi connectivity index (χ4v) is 15.2. The van der Waals surface area contributed by atoms with Gasteiger partial charge in [-0.1, -0.05) is 287 Å². The molecular formula is C96H100Br2N8Ni2. The minimum absolute atomic E-state index is 0. The number of rotatable bonds is 5. The molecule has 4 aliphatic rings. The van der Waals surface area contributed by atoms with Crippen LogP contribution in [-0.2, 0) is 76.3 Å². The molecule has 4 aliphatic heterocycles. The first-order chi connectivity index (χ1) is 49.3. The van der Waals surface area contributed by atoms with Crippen molar-refractivity contribution in [3.8, 4) is 55.6 Å². The summed E-state index contributed by atoms with van der Waals surface area (Å²) >= 11 is 8.20. The molecule has 10 aromatic rings. The van der Waals surface area contributed by atoms with Crippen LogP contribution in [0.1, 0.15) is 256 Å². The first-order valence-corrected chi connectivity index (χ1v) is 39.0. The Hall–Kier alpha value is -7.97. The molecule has 14 rings (SSSR count). The van der Waals surface area contributed by atoms with Crippen LogP contribution in [-0.4, -0.2) is 19.9 Å². The summed E-state index contributed by atoms with van der Waals surface area (Å²) in [6.45, 7) is 55.0. The molecule has 0 atom stereocenters. The van der Waals surface area contributed by atoms with Crippen LogP contribution in [0.3, 0.4) is 0 Å². The monoisotopic (exact) mass is 1640 g/mol. The van der Waals surface area contributed by atoms with Gasteiger partial charge in [-0.3, -0.25) is 0 Å². The molecule has 0 aliphatic carbocycles. The standard InChI is InChI=1S/C96H100Br2N8.2Ni/c1-89(2,3)57-41-53(42-58(49-57)90(4,5)6)81-65-25-29-73(99-65)85(74-30-26-66(100-74)82(54-43-59(91(7,8)9)50-60(44-54)92(10,11)12)70-34-38-78(104-70)87(97)77-37-33-69(81)103-77)86-75-31-27-67(101-75)83(55-45-61(93(13,14)15)51-62(46-55)94(16,17)18)71-35-39-79(105-71)88(98)80-40-36-72(106-80)84(68-28-32-76(86)102-68)56-47-63(95(19,20)21)52-64(48-56)96(22,23)24;;/h25-52H,1-24H3;;/q-4;2*+2. The van der Waals surface area contributed by atoms with Gasteiger partial charge in [0.2, 0.25) is 0 Å². The van der Waals surface area contributed by atoms with E-state index >= 15 is 0 Å². The van der Waals surface area contributed by atoms with Gasteiger partial charge in [0.15, 0.2) is 0 Å². The molecule has 10 heterocycles. The van der Waals surface area contributed by atoms with Crippen molar-refractivity contribution in [2.45, 2.75) is 209 Å². The van der Waals surface area contributed by atoms with Crippen LogP contribution in [0.2, 0.25) is 0 Å². The molecule has 6 aromatic heterocycles. The molecular weight excluding hydrogens is 1540 g/mol. The largest absolute Gasteiger partial charge is 2.00 e. The van der Waals surface area contributed by atoms with Crippen LogP contribution in [0.5, 0.6) is 0 Å². The van der Waals surface area contributed by atoms with Crippen molar-refractivity contribution in [1.29, 1.82) is 0 Å². The Bertz CT molecular complexity index is 5180. The van der Waals surface area contributed by atoms with E-state index in [1.165, 1.54) is 44.5 Å². The van der Waals surface area contributed by atoms with Gasteiger partial charge in [0.25, 0.3) is 0 Å². The van der Waals surface area contributed by atoms with Gasteiger partial charge in [0.05, 0.1) is 45.6 Å². The summed E-state index contributed by atoms with van der Waals surface area (Å²) in [6.07, 6.45) is 17.2. The maximum atomic E-state index is 6.00. The van der Waals surface area contributed by atoms with Crippen molar-refractivity contribution in [2.75, 3.05) is 0 Å². The Morgan fingerprint density at radius 2 is 0.352 bits per heavy atom. The summed E-state index contributed by atoms with van der Waals surface area (Å²) in [4.78, 5) is 46.4. The molecule has 0 radical (unpaired) electrons. The van der Waals surface area contributed by atoms with Crippen LogP contribution in [0.4, 0.5) is 0 Å². The summed E-state index contributed by atoms with van der Waals surface area (Å²) in [5, 5.41) is 0. The number of benzene rings is 4. The number of aromatic nitrogens is 8. The van der Waals surface area contributed by atoms with E-state index in [9.17, 15) is 0 Å². The van der Waals surface area contributed by atoms with Gasteiger partial charge in [0.1, 0.15) is 0 Å². The number of fused-ring (bicyclic) bond motifs is 16. The van der Waals surface area contributed by atoms with E-state index in [0.29, 0.717) is 22.4 Å². The second kappa shape index (κ2) is 28.1. The third kappa shape index (κ3) is 15.5. The topological polar surface area (TPSA) is 108 Å². The zero-order chi connectivity index (χ0) is 76.2. The van der Waals surface area contributed by atoms with Gasteiger partial charge < -0.3 is 19.9 Å². The van der Waals surface area contributed by atoms with E-state index in [4.69, 9.17) is 39.9 Å². The van der Waals surface area contributed by atoms with E-state index in [1.54, 1.807) is 0 Å². The minimum Gasteiger partial charge on any atom is -0.657 e. The third-order valence-corrected chi connectivity index (χ3v) is 22.8. The van der Waals surface area contributed by atoms with E-state index in [1.807, 2.05) is 0 Å². The van der Waals surface area contributed by atoms with Crippen LogP contribution >= 0.6 is 31.9 Å². The first kappa shape index (κ1) is 79.6. The average Bonchev–Trinajstić information content (AvgIpc) is 1.56. The van der Waals surface area contributed by atoms with Crippen molar-refractivity contribution in [3.05, 3.63) is 220 Å². The van der Waals surface area contributed by atoms with Crippen molar-refractivity contribution in [2.24, 2.45) is 0 Å². The van der Waals surface area contributed by atoms with Crippen LogP contribution < -0.4 is 19.9 Å². The van der Waals surface area contributed by atoms with Crippen molar-refractivity contribution < 1.29 is 33.0 Å². The van der Waals surface area contributed by atoms with Gasteiger partial charge in [-0.15, -0.1) is 44.1 Å². The van der Waals surface area contributed by atoms with Gasteiger partial charge >= 0.3 is 33.0 Å². The Kier molecular flexibility index (Phi) is 20.7. The quantitative estimate of drug-likeness (QED) is 0.157.